The fraction of sp³-hybridized carbons (Fsp3) is 0.176. The van der Waals surface area contributed by atoms with E-state index in [1.165, 1.54) is 0 Å². The maximum absolute atomic E-state index is 13.4. The van der Waals surface area contributed by atoms with E-state index in [2.05, 4.69) is 10.3 Å². The molecule has 0 bridgehead atoms. The minimum Gasteiger partial charge on any atom is -0.324 e. The van der Waals surface area contributed by atoms with Crippen LogP contribution in [0, 0.1) is 11.6 Å². The predicted molar refractivity (Wildman–Crippen MR) is 87.5 cm³/mol. The van der Waals surface area contributed by atoms with E-state index in [0.717, 1.165) is 33.4 Å². The van der Waals surface area contributed by atoms with E-state index in [-0.39, 0.29) is 18.0 Å². The highest BCUT2D eigenvalue weighted by atomic mass is 32.1. The largest absolute Gasteiger partial charge is 0.324 e. The fourth-order valence-electron chi connectivity index (χ4n) is 2.23. The Kier molecular flexibility index (Phi) is 4.62. The third kappa shape index (κ3) is 3.90. The van der Waals surface area contributed by atoms with Gasteiger partial charge in [0.05, 0.1) is 20.9 Å². The molecule has 0 aliphatic carbocycles. The number of carbonyl (C=O) groups excluding carboxylic acids is 1. The number of thiazole rings is 1. The number of aromatic nitrogens is 1. The lowest BCUT2D eigenvalue weighted by atomic mass is 10.2. The van der Waals surface area contributed by atoms with Crippen LogP contribution in [0.3, 0.4) is 0 Å². The molecule has 3 aromatic rings. The van der Waals surface area contributed by atoms with Crippen LogP contribution in [0.2, 0.25) is 0 Å². The van der Waals surface area contributed by atoms with Crippen molar-refractivity contribution in [3.8, 4) is 0 Å². The molecule has 0 unspecified atom stereocenters. The zero-order chi connectivity index (χ0) is 16.2. The molecule has 0 saturated heterocycles. The van der Waals surface area contributed by atoms with E-state index in [4.69, 9.17) is 0 Å². The van der Waals surface area contributed by atoms with E-state index < -0.39 is 11.6 Å². The van der Waals surface area contributed by atoms with Gasteiger partial charge in [0.25, 0.3) is 0 Å². The van der Waals surface area contributed by atoms with Crippen LogP contribution in [0.25, 0.3) is 10.2 Å². The topological polar surface area (TPSA) is 42.0 Å². The molecule has 118 valence electrons. The number of benzene rings is 2. The van der Waals surface area contributed by atoms with Gasteiger partial charge in [-0.1, -0.05) is 12.1 Å². The Hall–Kier alpha value is -2.34. The number of para-hydroxylation sites is 1. The molecule has 2 aromatic carbocycles. The lowest BCUT2D eigenvalue weighted by Gasteiger charge is -2.06. The van der Waals surface area contributed by atoms with Crippen molar-refractivity contribution in [1.82, 2.24) is 4.98 Å². The quantitative estimate of drug-likeness (QED) is 0.745. The van der Waals surface area contributed by atoms with E-state index in [1.54, 1.807) is 11.3 Å². The second kappa shape index (κ2) is 6.83. The highest BCUT2D eigenvalue weighted by molar-refractivity contribution is 7.18. The Morgan fingerprint density at radius 3 is 2.83 bits per heavy atom. The van der Waals surface area contributed by atoms with Gasteiger partial charge in [-0.3, -0.25) is 4.79 Å². The minimum absolute atomic E-state index is 0.130. The molecule has 0 aliphatic heterocycles. The minimum atomic E-state index is -0.647. The summed E-state index contributed by atoms with van der Waals surface area (Å²) in [6.07, 6.45) is 1.51. The van der Waals surface area contributed by atoms with Gasteiger partial charge in [0.2, 0.25) is 5.91 Å². The number of anilines is 1. The first-order valence-corrected chi connectivity index (χ1v) is 8.03. The summed E-state index contributed by atoms with van der Waals surface area (Å²) in [5.41, 5.74) is 0.828. The van der Waals surface area contributed by atoms with Crippen LogP contribution in [0.1, 0.15) is 17.8 Å². The molecule has 6 heteroatoms. The van der Waals surface area contributed by atoms with Crippen molar-refractivity contribution in [3.05, 3.63) is 59.1 Å². The molecular formula is C17H14F2N2OS. The Bertz CT molecular complexity index is 814. The van der Waals surface area contributed by atoms with Crippen LogP contribution in [0.4, 0.5) is 14.5 Å². The van der Waals surface area contributed by atoms with Gasteiger partial charge in [-0.05, 0) is 37.1 Å². The molecule has 0 spiro atoms. The summed E-state index contributed by atoms with van der Waals surface area (Å²) in [6, 6.07) is 10.8. The number of aryl methyl sites for hydroxylation is 1. The summed E-state index contributed by atoms with van der Waals surface area (Å²) in [4.78, 5) is 16.3. The van der Waals surface area contributed by atoms with Gasteiger partial charge in [-0.2, -0.15) is 0 Å². The Morgan fingerprint density at radius 2 is 2.00 bits per heavy atom. The summed E-state index contributed by atoms with van der Waals surface area (Å²) in [6.45, 7) is 0. The predicted octanol–water partition coefficient (Wildman–Crippen LogP) is 4.54. The smallest absolute Gasteiger partial charge is 0.224 e. The molecule has 1 aromatic heterocycles. The molecule has 1 heterocycles. The number of halogens is 2. The van der Waals surface area contributed by atoms with Gasteiger partial charge in [0.15, 0.2) is 0 Å². The third-order valence-corrected chi connectivity index (χ3v) is 4.43. The molecule has 3 nitrogen and oxygen atoms in total. The molecule has 3 rings (SSSR count). The van der Waals surface area contributed by atoms with Crippen molar-refractivity contribution >= 4 is 33.1 Å². The Morgan fingerprint density at radius 1 is 1.17 bits per heavy atom. The van der Waals surface area contributed by atoms with Crippen molar-refractivity contribution in [2.45, 2.75) is 19.3 Å². The summed E-state index contributed by atoms with van der Waals surface area (Å²) >= 11 is 1.60. The van der Waals surface area contributed by atoms with E-state index in [0.29, 0.717) is 12.8 Å². The van der Waals surface area contributed by atoms with Crippen LogP contribution < -0.4 is 5.32 Å². The van der Waals surface area contributed by atoms with Crippen LogP contribution in [-0.4, -0.2) is 10.9 Å². The molecule has 0 aliphatic rings. The second-order valence-electron chi connectivity index (χ2n) is 5.10. The fourth-order valence-corrected chi connectivity index (χ4v) is 3.24. The molecule has 0 atom stereocenters. The highest BCUT2D eigenvalue weighted by Crippen LogP contribution is 2.23. The average Bonchev–Trinajstić information content (AvgIpc) is 2.93. The van der Waals surface area contributed by atoms with Gasteiger partial charge in [-0.15, -0.1) is 11.3 Å². The average molecular weight is 332 g/mol. The van der Waals surface area contributed by atoms with Gasteiger partial charge >= 0.3 is 0 Å². The number of carbonyl (C=O) groups is 1. The lowest BCUT2D eigenvalue weighted by molar-refractivity contribution is -0.116. The lowest BCUT2D eigenvalue weighted by Crippen LogP contribution is -2.12. The first-order chi connectivity index (χ1) is 11.1. The maximum atomic E-state index is 13.4. The first kappa shape index (κ1) is 15.6. The molecule has 23 heavy (non-hydrogen) atoms. The Labute approximate surface area is 136 Å². The summed E-state index contributed by atoms with van der Waals surface area (Å²) in [5, 5.41) is 3.36. The summed E-state index contributed by atoms with van der Waals surface area (Å²) < 4.78 is 27.6. The standard InChI is InChI=1S/C17H14F2N2OS/c18-11-8-9-12(19)14(10-11)20-16(22)6-3-7-17-21-13-4-1-2-5-15(13)23-17/h1-2,4-5,8-10H,3,6-7H2,(H,20,22). The van der Waals surface area contributed by atoms with E-state index in [9.17, 15) is 13.6 Å². The number of rotatable bonds is 5. The number of hydrogen-bond donors (Lipinski definition) is 1. The van der Waals surface area contributed by atoms with Gasteiger partial charge in [-0.25, -0.2) is 13.8 Å². The maximum Gasteiger partial charge on any atom is 0.224 e. The summed E-state index contributed by atoms with van der Waals surface area (Å²) in [5.74, 6) is -1.57. The molecule has 0 radical (unpaired) electrons. The van der Waals surface area contributed by atoms with E-state index in [1.807, 2.05) is 24.3 Å². The first-order valence-electron chi connectivity index (χ1n) is 7.21. The number of amides is 1. The highest BCUT2D eigenvalue weighted by Gasteiger charge is 2.09. The van der Waals surface area contributed by atoms with Crippen molar-refractivity contribution < 1.29 is 13.6 Å². The molecule has 0 saturated carbocycles. The van der Waals surface area contributed by atoms with Gasteiger partial charge < -0.3 is 5.32 Å². The molecule has 1 amide bonds. The molecule has 1 N–H and O–H groups in total. The summed E-state index contributed by atoms with van der Waals surface area (Å²) in [7, 11) is 0. The van der Waals surface area contributed by atoms with Crippen LogP contribution in [0.5, 0.6) is 0 Å². The van der Waals surface area contributed by atoms with Gasteiger partial charge in [0, 0.05) is 12.5 Å². The second-order valence-corrected chi connectivity index (χ2v) is 6.22. The zero-order valence-corrected chi connectivity index (χ0v) is 13.0. The van der Waals surface area contributed by atoms with E-state index >= 15 is 0 Å². The number of nitrogens with zero attached hydrogens (tertiary/aromatic N) is 1. The van der Waals surface area contributed by atoms with Crippen molar-refractivity contribution in [1.29, 1.82) is 0 Å². The van der Waals surface area contributed by atoms with Crippen LogP contribution in [0.15, 0.2) is 42.5 Å². The van der Waals surface area contributed by atoms with Crippen molar-refractivity contribution in [2.75, 3.05) is 5.32 Å². The number of fused-ring (bicyclic) bond motifs is 1. The number of hydrogen-bond acceptors (Lipinski definition) is 3. The Balaban J connectivity index is 1.53. The van der Waals surface area contributed by atoms with Crippen molar-refractivity contribution in [2.24, 2.45) is 0 Å². The van der Waals surface area contributed by atoms with Crippen LogP contribution >= 0.6 is 11.3 Å². The SMILES string of the molecule is O=C(CCCc1nc2ccccc2s1)Nc1cc(F)ccc1F. The molecular weight excluding hydrogens is 318 g/mol. The normalized spacial score (nSPS) is 10.9. The van der Waals surface area contributed by atoms with Gasteiger partial charge in [0.1, 0.15) is 11.6 Å². The van der Waals surface area contributed by atoms with Crippen LogP contribution in [-0.2, 0) is 11.2 Å². The molecule has 0 fully saturated rings. The number of nitrogens with one attached hydrogen (secondary N) is 1. The monoisotopic (exact) mass is 332 g/mol. The zero-order valence-electron chi connectivity index (χ0n) is 12.2. The van der Waals surface area contributed by atoms with Crippen molar-refractivity contribution in [3.63, 3.8) is 0 Å². The third-order valence-electron chi connectivity index (χ3n) is 3.34.